The lowest BCUT2D eigenvalue weighted by Crippen LogP contribution is -2.14. The van der Waals surface area contributed by atoms with Crippen molar-refractivity contribution >= 4 is 34.1 Å². The SMILES string of the molecule is COc1cc(OC)c2c(Nc3cc(CC(=O)Nc4cccc(F)c4)[nH]n3)ncnc2c1. The standard InChI is InChI=1S/C21H19FN6O3/c1-30-15-9-16-20(17(10-15)31-2)21(24-11-23-16)26-18-7-14(27-28-18)8-19(29)25-13-5-3-4-12(22)6-13/h3-7,9-11H,8H2,1-2H3,(H,25,29)(H2,23,24,26,27,28). The van der Waals surface area contributed by atoms with Gasteiger partial charge in [0, 0.05) is 29.6 Å². The van der Waals surface area contributed by atoms with Crippen molar-refractivity contribution in [2.75, 3.05) is 24.9 Å². The average Bonchev–Trinajstić information content (AvgIpc) is 3.19. The molecule has 0 bridgehead atoms. The Labute approximate surface area is 176 Å². The van der Waals surface area contributed by atoms with Crippen LogP contribution in [0.3, 0.4) is 0 Å². The van der Waals surface area contributed by atoms with Crippen molar-refractivity contribution in [2.24, 2.45) is 0 Å². The molecule has 158 valence electrons. The van der Waals surface area contributed by atoms with Gasteiger partial charge in [0.05, 0.1) is 31.5 Å². The molecule has 0 saturated carbocycles. The van der Waals surface area contributed by atoms with Crippen LogP contribution in [0.1, 0.15) is 5.69 Å². The average molecular weight is 422 g/mol. The van der Waals surface area contributed by atoms with Crippen molar-refractivity contribution in [2.45, 2.75) is 6.42 Å². The maximum atomic E-state index is 13.3. The number of methoxy groups -OCH3 is 2. The van der Waals surface area contributed by atoms with Crippen molar-refractivity contribution in [3.05, 3.63) is 60.3 Å². The van der Waals surface area contributed by atoms with Crippen LogP contribution in [0, 0.1) is 5.82 Å². The van der Waals surface area contributed by atoms with Gasteiger partial charge >= 0.3 is 0 Å². The van der Waals surface area contributed by atoms with Crippen LogP contribution in [-0.2, 0) is 11.2 Å². The summed E-state index contributed by atoms with van der Waals surface area (Å²) in [4.78, 5) is 20.8. The number of anilines is 3. The number of fused-ring (bicyclic) bond motifs is 1. The summed E-state index contributed by atoms with van der Waals surface area (Å²) >= 11 is 0. The summed E-state index contributed by atoms with van der Waals surface area (Å²) in [5, 5.41) is 13.4. The van der Waals surface area contributed by atoms with E-state index in [4.69, 9.17) is 9.47 Å². The van der Waals surface area contributed by atoms with Crippen LogP contribution in [-0.4, -0.2) is 40.3 Å². The van der Waals surface area contributed by atoms with Gasteiger partial charge < -0.3 is 20.1 Å². The topological polar surface area (TPSA) is 114 Å². The van der Waals surface area contributed by atoms with Crippen molar-refractivity contribution in [3.8, 4) is 11.5 Å². The maximum Gasteiger partial charge on any atom is 0.230 e. The predicted octanol–water partition coefficient (Wildman–Crippen LogP) is 3.43. The molecule has 0 radical (unpaired) electrons. The Hall–Kier alpha value is -4.21. The van der Waals surface area contributed by atoms with Gasteiger partial charge in [0.25, 0.3) is 0 Å². The van der Waals surface area contributed by atoms with E-state index in [1.807, 2.05) is 0 Å². The van der Waals surface area contributed by atoms with Crippen molar-refractivity contribution in [1.82, 2.24) is 20.2 Å². The smallest absolute Gasteiger partial charge is 0.230 e. The highest BCUT2D eigenvalue weighted by Crippen LogP contribution is 2.34. The molecule has 10 heteroatoms. The molecule has 2 aromatic heterocycles. The van der Waals surface area contributed by atoms with E-state index >= 15 is 0 Å². The van der Waals surface area contributed by atoms with Crippen LogP contribution in [0.5, 0.6) is 11.5 Å². The summed E-state index contributed by atoms with van der Waals surface area (Å²) in [5.74, 6) is 1.39. The second-order valence-electron chi connectivity index (χ2n) is 6.58. The van der Waals surface area contributed by atoms with Gasteiger partial charge in [0.1, 0.15) is 29.5 Å². The third kappa shape index (κ3) is 4.53. The summed E-state index contributed by atoms with van der Waals surface area (Å²) in [6, 6.07) is 10.9. The van der Waals surface area contributed by atoms with Crippen LogP contribution >= 0.6 is 0 Å². The van der Waals surface area contributed by atoms with Crippen molar-refractivity contribution in [1.29, 1.82) is 0 Å². The Bertz CT molecular complexity index is 1240. The van der Waals surface area contributed by atoms with Crippen LogP contribution in [0.15, 0.2) is 48.8 Å². The number of benzene rings is 2. The van der Waals surface area contributed by atoms with Crippen LogP contribution < -0.4 is 20.1 Å². The zero-order valence-corrected chi connectivity index (χ0v) is 16.8. The lowest BCUT2D eigenvalue weighted by Gasteiger charge is -2.11. The number of aromatic amines is 1. The number of halogens is 1. The minimum atomic E-state index is -0.420. The number of nitrogens with one attached hydrogen (secondary N) is 3. The second-order valence-corrected chi connectivity index (χ2v) is 6.58. The number of H-pyrrole nitrogens is 1. The van der Waals surface area contributed by atoms with E-state index in [9.17, 15) is 9.18 Å². The molecule has 2 heterocycles. The van der Waals surface area contributed by atoms with Crippen LogP contribution in [0.25, 0.3) is 10.9 Å². The van der Waals surface area contributed by atoms with Gasteiger partial charge in [-0.05, 0) is 18.2 Å². The van der Waals surface area contributed by atoms with Gasteiger partial charge in [0.15, 0.2) is 5.82 Å². The van der Waals surface area contributed by atoms with Gasteiger partial charge in [-0.25, -0.2) is 14.4 Å². The molecule has 31 heavy (non-hydrogen) atoms. The molecule has 4 aromatic rings. The van der Waals surface area contributed by atoms with E-state index in [1.54, 1.807) is 38.5 Å². The Kier molecular flexibility index (Phi) is 5.61. The third-order valence-electron chi connectivity index (χ3n) is 4.47. The highest BCUT2D eigenvalue weighted by Gasteiger charge is 2.14. The molecule has 0 aliphatic carbocycles. The van der Waals surface area contributed by atoms with Crippen molar-refractivity contribution < 1.29 is 18.7 Å². The maximum absolute atomic E-state index is 13.3. The number of hydrogen-bond acceptors (Lipinski definition) is 7. The van der Waals surface area contributed by atoms with E-state index in [0.29, 0.717) is 45.4 Å². The number of carbonyl (C=O) groups is 1. The molecular formula is C21H19FN6O3. The quantitative estimate of drug-likeness (QED) is 0.418. The molecule has 0 aliphatic heterocycles. The lowest BCUT2D eigenvalue weighted by molar-refractivity contribution is -0.115. The van der Waals surface area contributed by atoms with Crippen LogP contribution in [0.2, 0.25) is 0 Å². The first kappa shape index (κ1) is 20.1. The Balaban J connectivity index is 1.51. The number of ether oxygens (including phenoxy) is 2. The monoisotopic (exact) mass is 422 g/mol. The fraction of sp³-hybridized carbons (Fsp3) is 0.143. The number of hydrogen-bond donors (Lipinski definition) is 3. The molecule has 2 aromatic carbocycles. The van der Waals surface area contributed by atoms with E-state index in [-0.39, 0.29) is 12.3 Å². The second kappa shape index (κ2) is 8.66. The lowest BCUT2D eigenvalue weighted by atomic mass is 10.2. The first-order valence-electron chi connectivity index (χ1n) is 9.29. The highest BCUT2D eigenvalue weighted by molar-refractivity contribution is 5.96. The van der Waals surface area contributed by atoms with Gasteiger partial charge in [-0.3, -0.25) is 9.89 Å². The largest absolute Gasteiger partial charge is 0.497 e. The molecule has 4 rings (SSSR count). The minimum absolute atomic E-state index is 0.0379. The molecule has 1 amide bonds. The molecule has 9 nitrogen and oxygen atoms in total. The number of amides is 1. The van der Waals surface area contributed by atoms with Gasteiger partial charge in [-0.2, -0.15) is 5.10 Å². The van der Waals surface area contributed by atoms with Crippen molar-refractivity contribution in [3.63, 3.8) is 0 Å². The third-order valence-corrected chi connectivity index (χ3v) is 4.47. The minimum Gasteiger partial charge on any atom is -0.497 e. The predicted molar refractivity (Wildman–Crippen MR) is 113 cm³/mol. The summed E-state index contributed by atoms with van der Waals surface area (Å²) < 4.78 is 24.0. The molecule has 0 unspecified atom stereocenters. The first-order chi connectivity index (χ1) is 15.1. The van der Waals surface area contributed by atoms with E-state index < -0.39 is 5.82 Å². The molecule has 0 atom stereocenters. The van der Waals surface area contributed by atoms with E-state index in [0.717, 1.165) is 0 Å². The first-order valence-corrected chi connectivity index (χ1v) is 9.29. The molecular weight excluding hydrogens is 403 g/mol. The van der Waals surface area contributed by atoms with Gasteiger partial charge in [-0.15, -0.1) is 0 Å². The number of rotatable bonds is 7. The highest BCUT2D eigenvalue weighted by atomic mass is 19.1. The van der Waals surface area contributed by atoms with Gasteiger partial charge in [0.2, 0.25) is 5.91 Å². The molecule has 0 aliphatic rings. The molecule has 0 fully saturated rings. The summed E-state index contributed by atoms with van der Waals surface area (Å²) in [5.41, 5.74) is 1.60. The number of nitrogens with zero attached hydrogens (tertiary/aromatic N) is 3. The van der Waals surface area contributed by atoms with E-state index in [1.165, 1.54) is 24.5 Å². The van der Waals surface area contributed by atoms with E-state index in [2.05, 4.69) is 30.8 Å². The summed E-state index contributed by atoms with van der Waals surface area (Å²) in [7, 11) is 3.12. The fourth-order valence-electron chi connectivity index (χ4n) is 3.08. The zero-order valence-electron chi connectivity index (χ0n) is 16.8. The Morgan fingerprint density at radius 2 is 2.00 bits per heavy atom. The molecule has 3 N–H and O–H groups in total. The summed E-state index contributed by atoms with van der Waals surface area (Å²) in [6.45, 7) is 0. The Morgan fingerprint density at radius 3 is 2.77 bits per heavy atom. The molecule has 0 saturated heterocycles. The van der Waals surface area contributed by atoms with Gasteiger partial charge in [-0.1, -0.05) is 6.07 Å². The van der Waals surface area contributed by atoms with Crippen LogP contribution in [0.4, 0.5) is 21.7 Å². The normalized spacial score (nSPS) is 10.7. The number of aromatic nitrogens is 4. The summed E-state index contributed by atoms with van der Waals surface area (Å²) in [6.07, 6.45) is 1.46. The molecule has 0 spiro atoms. The Morgan fingerprint density at radius 1 is 1.13 bits per heavy atom. The zero-order chi connectivity index (χ0) is 21.8. The number of carbonyl (C=O) groups excluding carboxylic acids is 1. The fourth-order valence-corrected chi connectivity index (χ4v) is 3.08.